The Morgan fingerprint density at radius 1 is 0.838 bits per heavy atom. The Morgan fingerprint density at radius 2 is 1.51 bits per heavy atom. The van der Waals surface area contributed by atoms with Crippen LogP contribution in [0.15, 0.2) is 96.8 Å². The molecule has 0 spiro atoms. The molecule has 187 valence electrons. The van der Waals surface area contributed by atoms with Crippen molar-refractivity contribution < 1.29 is 51.0 Å². The Balaban J connectivity index is 0.000000191. The van der Waals surface area contributed by atoms with Crippen molar-refractivity contribution in [3.05, 3.63) is 114 Å². The summed E-state index contributed by atoms with van der Waals surface area (Å²) >= 11 is 0. The average Bonchev–Trinajstić information content (AvgIpc) is 3.55. The zero-order valence-corrected chi connectivity index (χ0v) is 27.0. The molecule has 5 aromatic rings. The first kappa shape index (κ1) is 29.8. The third-order valence-electron chi connectivity index (χ3n) is 7.99. The van der Waals surface area contributed by atoms with Crippen molar-refractivity contribution in [1.82, 2.24) is 4.57 Å². The molecular formula is C32H32Cl2NSiZr. The van der Waals surface area contributed by atoms with Crippen molar-refractivity contribution in [3.63, 3.8) is 0 Å². The molecule has 37 heavy (non-hydrogen) atoms. The zero-order chi connectivity index (χ0) is 23.6. The second-order valence-corrected chi connectivity index (χ2v) is 15.3. The van der Waals surface area contributed by atoms with Gasteiger partial charge in [-0.25, -0.2) is 0 Å². The molecule has 0 N–H and O–H groups in total. The molecule has 4 aromatic carbocycles. The summed E-state index contributed by atoms with van der Waals surface area (Å²) in [4.78, 5) is 0. The first-order valence-electron chi connectivity index (χ1n) is 12.4. The summed E-state index contributed by atoms with van der Waals surface area (Å²) in [5.74, 6) is 0.603. The van der Waals surface area contributed by atoms with Gasteiger partial charge in [0.1, 0.15) is 0 Å². The summed E-state index contributed by atoms with van der Waals surface area (Å²) in [6, 6.07) is 28.3. The molecule has 1 nitrogen and oxygen atoms in total. The van der Waals surface area contributed by atoms with Gasteiger partial charge in [-0.1, -0.05) is 91.6 Å². The van der Waals surface area contributed by atoms with Crippen LogP contribution in [0.4, 0.5) is 0 Å². The van der Waals surface area contributed by atoms with Crippen LogP contribution in [0.1, 0.15) is 48.9 Å². The number of benzene rings is 3. The molecule has 8 rings (SSSR count). The van der Waals surface area contributed by atoms with Crippen LogP contribution in [-0.2, 0) is 26.2 Å². The molecule has 2 bridgehead atoms. The van der Waals surface area contributed by atoms with Crippen LogP contribution in [0.5, 0.6) is 0 Å². The smallest absolute Gasteiger partial charge is 1.00 e. The fourth-order valence-corrected chi connectivity index (χ4v) is 10.8. The van der Waals surface area contributed by atoms with Crippen molar-refractivity contribution in [1.29, 1.82) is 0 Å². The van der Waals surface area contributed by atoms with Gasteiger partial charge in [-0.05, 0) is 41.5 Å². The Bertz CT molecular complexity index is 1580. The third-order valence-corrected chi connectivity index (χ3v) is 12.1. The van der Waals surface area contributed by atoms with Gasteiger partial charge < -0.3 is 29.4 Å². The first-order valence-corrected chi connectivity index (χ1v) is 15.5. The van der Waals surface area contributed by atoms with E-state index < -0.39 is 8.07 Å². The number of allylic oxidation sites excluding steroid dienone is 1. The molecule has 0 fully saturated rings. The molecule has 5 heteroatoms. The average molecular weight is 621 g/mol. The van der Waals surface area contributed by atoms with Gasteiger partial charge in [0, 0.05) is 23.6 Å². The van der Waals surface area contributed by atoms with Crippen LogP contribution in [0, 0.1) is 0 Å². The normalized spacial score (nSPS) is 16.2. The second-order valence-electron chi connectivity index (χ2n) is 10.8. The molecular weight excluding hydrogens is 589 g/mol. The monoisotopic (exact) mass is 618 g/mol. The Labute approximate surface area is 253 Å². The van der Waals surface area contributed by atoms with Gasteiger partial charge in [-0.2, -0.15) is 6.07 Å². The molecule has 1 atom stereocenters. The number of para-hydroxylation sites is 1. The minimum Gasteiger partial charge on any atom is -1.00 e. The molecule has 1 radical (unpaired) electrons. The summed E-state index contributed by atoms with van der Waals surface area (Å²) in [5.41, 5.74) is 8.26. The fraction of sp³-hybridized carbons (Fsp3) is 0.219. The van der Waals surface area contributed by atoms with Crippen molar-refractivity contribution in [2.24, 2.45) is 0 Å². The largest absolute Gasteiger partial charge is 3.00 e. The number of hydrogen-bond donors (Lipinski definition) is 0. The first-order chi connectivity index (χ1) is 16.4. The number of hydrogen-bond acceptors (Lipinski definition) is 0. The van der Waals surface area contributed by atoms with Crippen LogP contribution in [0.25, 0.3) is 32.4 Å². The fourth-order valence-electron chi connectivity index (χ4n) is 6.42. The van der Waals surface area contributed by atoms with Gasteiger partial charge in [0.25, 0.3) is 0 Å². The maximum atomic E-state index is 2.51. The molecule has 1 unspecified atom stereocenters. The van der Waals surface area contributed by atoms with E-state index in [1.165, 1.54) is 38.4 Å². The van der Waals surface area contributed by atoms with E-state index >= 15 is 0 Å². The van der Waals surface area contributed by atoms with E-state index in [-0.39, 0.29) is 51.0 Å². The maximum absolute atomic E-state index is 2.51. The van der Waals surface area contributed by atoms with Gasteiger partial charge in [0.15, 0.2) is 0 Å². The van der Waals surface area contributed by atoms with E-state index in [4.69, 9.17) is 0 Å². The molecule has 3 heterocycles. The van der Waals surface area contributed by atoms with Gasteiger partial charge >= 0.3 is 26.2 Å². The predicted molar refractivity (Wildman–Crippen MR) is 150 cm³/mol. The van der Waals surface area contributed by atoms with E-state index in [0.717, 1.165) is 5.54 Å². The Morgan fingerprint density at radius 3 is 2.16 bits per heavy atom. The van der Waals surface area contributed by atoms with E-state index in [0.29, 0.717) is 5.92 Å². The number of rotatable bonds is 2. The zero-order valence-electron chi connectivity index (χ0n) is 22.0. The minimum atomic E-state index is -1.12. The van der Waals surface area contributed by atoms with Gasteiger partial charge in [0.2, 0.25) is 0 Å². The van der Waals surface area contributed by atoms with Crippen molar-refractivity contribution in [3.8, 4) is 5.69 Å². The van der Waals surface area contributed by atoms with Gasteiger partial charge in [-0.15, -0.1) is 28.5 Å². The van der Waals surface area contributed by atoms with Crippen molar-refractivity contribution in [2.45, 2.75) is 45.3 Å². The topological polar surface area (TPSA) is 4.93 Å². The number of fused-ring (bicyclic) bond motifs is 3. The maximum Gasteiger partial charge on any atom is 3.00 e. The Hall–Kier alpha value is -1.77. The quantitative estimate of drug-likeness (QED) is 0.211. The number of halogens is 2. The summed E-state index contributed by atoms with van der Waals surface area (Å²) in [5, 5.41) is 7.17. The summed E-state index contributed by atoms with van der Waals surface area (Å²) in [6.07, 6.45) is 4.69. The van der Waals surface area contributed by atoms with Gasteiger partial charge in [0.05, 0.1) is 8.07 Å². The van der Waals surface area contributed by atoms with E-state index in [1.807, 2.05) is 0 Å². The van der Waals surface area contributed by atoms with Crippen LogP contribution >= 0.6 is 0 Å². The van der Waals surface area contributed by atoms with Gasteiger partial charge in [-0.3, -0.25) is 0 Å². The molecule has 0 amide bonds. The van der Waals surface area contributed by atoms with Crippen LogP contribution in [-0.4, -0.2) is 12.6 Å². The second kappa shape index (κ2) is 11.1. The summed E-state index contributed by atoms with van der Waals surface area (Å²) in [6.45, 7) is 11.8. The van der Waals surface area contributed by atoms with Crippen LogP contribution in [0.3, 0.4) is 0 Å². The van der Waals surface area contributed by atoms with E-state index in [2.05, 4.69) is 130 Å². The van der Waals surface area contributed by atoms with Crippen molar-refractivity contribution in [2.75, 3.05) is 0 Å². The van der Waals surface area contributed by atoms with Crippen LogP contribution < -0.4 is 24.8 Å². The molecule has 1 aliphatic carbocycles. The standard InChI is InChI=1S/C16H17NSi.C16H15.2ClH.Zr/c1-11-15-13-9-17(12-7-5-4-6-8-12)10-14(13)16(11)18(15,2)3;1-11(2)14-9-13-8-7-12-5-3-4-6-15(12)16(13)10-14;;;/h4-10,15H,1-3H3;3-11H,1-2H3;2*1H;/q;-1;;;+3/p-2. The molecule has 1 aromatic heterocycles. The summed E-state index contributed by atoms with van der Waals surface area (Å²) in [7, 11) is -1.12. The SMILES string of the molecule is CC(C)c1cc2c(ccc3ccccc32)[cH-]1.CC1=C2c3cn(-c4ccccc4)cc3C1[Si]2(C)C.[Cl-].[Cl-].[Zr+3]. The molecule has 0 saturated carbocycles. The van der Waals surface area contributed by atoms with Crippen molar-refractivity contribution >= 4 is 34.8 Å². The van der Waals surface area contributed by atoms with E-state index in [9.17, 15) is 0 Å². The summed E-state index contributed by atoms with van der Waals surface area (Å²) < 4.78 is 2.29. The van der Waals surface area contributed by atoms with E-state index in [1.54, 1.807) is 16.3 Å². The van der Waals surface area contributed by atoms with Crippen LogP contribution in [0.2, 0.25) is 13.1 Å². The number of nitrogens with zero attached hydrogens (tertiary/aromatic N) is 1. The minimum absolute atomic E-state index is 0. The predicted octanol–water partition coefficient (Wildman–Crippen LogP) is 2.99. The third kappa shape index (κ3) is 4.78. The Kier molecular flexibility index (Phi) is 8.97. The molecule has 3 aliphatic rings. The molecule has 0 saturated heterocycles. The molecule has 2 aliphatic heterocycles. The number of aromatic nitrogens is 1.